The highest BCUT2D eigenvalue weighted by molar-refractivity contribution is 5.71. The van der Waals surface area contributed by atoms with Crippen molar-refractivity contribution in [3.8, 4) is 0 Å². The molecule has 0 heterocycles. The number of carboxylic acids is 1. The highest BCUT2D eigenvalue weighted by Crippen LogP contribution is 2.12. The van der Waals surface area contributed by atoms with E-state index in [4.69, 9.17) is 9.84 Å². The number of hydrogen-bond acceptors (Lipinski definition) is 4. The molecule has 25 heavy (non-hydrogen) atoms. The van der Waals surface area contributed by atoms with Crippen LogP contribution >= 0.6 is 0 Å². The number of aryl methyl sites for hydroxylation is 1. The first-order valence-corrected chi connectivity index (χ1v) is 8.51. The largest absolute Gasteiger partial charge is 0.481 e. The number of nitrogens with one attached hydrogen (secondary N) is 1. The van der Waals surface area contributed by atoms with E-state index in [1.165, 1.54) is 11.6 Å². The minimum absolute atomic E-state index is 0.0290. The Hall–Kier alpha value is -2.34. The van der Waals surface area contributed by atoms with Gasteiger partial charge >= 0.3 is 12.1 Å². The zero-order valence-electron chi connectivity index (χ0n) is 14.4. The Labute approximate surface area is 148 Å². The van der Waals surface area contributed by atoms with Gasteiger partial charge in [0.05, 0.1) is 18.6 Å². The number of hydrogen-bond donors (Lipinski definition) is 3. The number of carboxylic acid groups (broad SMARTS) is 1. The van der Waals surface area contributed by atoms with Crippen LogP contribution in [0.3, 0.4) is 0 Å². The molecule has 2 atom stereocenters. The first-order valence-electron chi connectivity index (χ1n) is 8.51. The van der Waals surface area contributed by atoms with Crippen LogP contribution in [0.1, 0.15) is 37.7 Å². The molecular formula is C19H27NO5. The van der Waals surface area contributed by atoms with E-state index in [1.807, 2.05) is 18.2 Å². The molecule has 0 bridgehead atoms. The Bertz CT molecular complexity index is 532. The molecule has 1 rings (SSSR count). The number of aliphatic carboxylic acids is 1. The lowest BCUT2D eigenvalue weighted by Crippen LogP contribution is -2.45. The van der Waals surface area contributed by atoms with Crippen molar-refractivity contribution in [2.24, 2.45) is 0 Å². The highest BCUT2D eigenvalue weighted by atomic mass is 16.5. The summed E-state index contributed by atoms with van der Waals surface area (Å²) < 4.78 is 4.77. The number of benzene rings is 1. The lowest BCUT2D eigenvalue weighted by Gasteiger charge is -2.22. The molecule has 6 nitrogen and oxygen atoms in total. The third-order valence-electron chi connectivity index (χ3n) is 3.80. The Kier molecular flexibility index (Phi) is 10.0. The van der Waals surface area contributed by atoms with E-state index in [2.05, 4.69) is 24.0 Å². The topological polar surface area (TPSA) is 95.9 Å². The zero-order chi connectivity index (χ0) is 18.5. The zero-order valence-corrected chi connectivity index (χ0v) is 14.4. The summed E-state index contributed by atoms with van der Waals surface area (Å²) in [5, 5.41) is 21.5. The lowest BCUT2D eigenvalue weighted by molar-refractivity contribution is -0.138. The fraction of sp³-hybridized carbons (Fsp3) is 0.474. The molecule has 6 heteroatoms. The molecule has 3 N–H and O–H groups in total. The van der Waals surface area contributed by atoms with Crippen LogP contribution < -0.4 is 5.32 Å². The van der Waals surface area contributed by atoms with Gasteiger partial charge in [-0.1, -0.05) is 55.8 Å². The van der Waals surface area contributed by atoms with E-state index in [0.717, 1.165) is 25.7 Å². The second kappa shape index (κ2) is 12.1. The summed E-state index contributed by atoms with van der Waals surface area (Å²) in [6.07, 6.45) is 3.45. The maximum absolute atomic E-state index is 11.5. The van der Waals surface area contributed by atoms with Crippen LogP contribution in [0.4, 0.5) is 4.79 Å². The van der Waals surface area contributed by atoms with Crippen molar-refractivity contribution in [1.82, 2.24) is 5.32 Å². The van der Waals surface area contributed by atoms with E-state index >= 15 is 0 Å². The molecule has 1 aromatic carbocycles. The van der Waals surface area contributed by atoms with Crippen LogP contribution in [0.15, 0.2) is 43.0 Å². The summed E-state index contributed by atoms with van der Waals surface area (Å²) in [4.78, 5) is 22.5. The quantitative estimate of drug-likeness (QED) is 0.398. The number of unbranched alkanes of at least 4 members (excludes halogenated alkanes) is 2. The van der Waals surface area contributed by atoms with Gasteiger partial charge in [-0.05, 0) is 24.8 Å². The summed E-state index contributed by atoms with van der Waals surface area (Å²) in [5.41, 5.74) is 1.28. The maximum Gasteiger partial charge on any atom is 0.407 e. The summed E-state index contributed by atoms with van der Waals surface area (Å²) in [5.74, 6) is -1.09. The first kappa shape index (κ1) is 20.7. The molecule has 0 saturated heterocycles. The van der Waals surface area contributed by atoms with Crippen molar-refractivity contribution in [1.29, 1.82) is 0 Å². The monoisotopic (exact) mass is 349 g/mol. The van der Waals surface area contributed by atoms with Gasteiger partial charge in [0.15, 0.2) is 0 Å². The second-order valence-electron chi connectivity index (χ2n) is 5.89. The van der Waals surface area contributed by atoms with E-state index in [-0.39, 0.29) is 13.0 Å². The number of alkyl carbamates (subject to hydrolysis) is 1. The van der Waals surface area contributed by atoms with Crippen molar-refractivity contribution in [2.75, 3.05) is 6.61 Å². The van der Waals surface area contributed by atoms with Gasteiger partial charge in [-0.3, -0.25) is 4.79 Å². The summed E-state index contributed by atoms with van der Waals surface area (Å²) in [6, 6.07) is 9.28. The van der Waals surface area contributed by atoms with Gasteiger partial charge in [-0.25, -0.2) is 4.79 Å². The average molecular weight is 349 g/mol. The third kappa shape index (κ3) is 9.52. The first-order chi connectivity index (χ1) is 12.0. The predicted molar refractivity (Wildman–Crippen MR) is 95.3 cm³/mol. The molecule has 0 fully saturated rings. The van der Waals surface area contributed by atoms with E-state index < -0.39 is 24.2 Å². The Morgan fingerprint density at radius 3 is 2.56 bits per heavy atom. The normalized spacial score (nSPS) is 12.8. The molecule has 138 valence electrons. The maximum atomic E-state index is 11.5. The fourth-order valence-corrected chi connectivity index (χ4v) is 2.50. The Balaban J connectivity index is 2.32. The van der Waals surface area contributed by atoms with Gasteiger partial charge in [0, 0.05) is 0 Å². The lowest BCUT2D eigenvalue weighted by atomic mass is 10.00. The van der Waals surface area contributed by atoms with Crippen molar-refractivity contribution < 1.29 is 24.5 Å². The second-order valence-corrected chi connectivity index (χ2v) is 5.89. The SMILES string of the molecule is C=CCOC(=O)NC(CC(=O)O)C(O)CCCCCc1ccccc1. The Morgan fingerprint density at radius 2 is 1.92 bits per heavy atom. The number of aliphatic hydroxyl groups excluding tert-OH is 1. The van der Waals surface area contributed by atoms with Crippen molar-refractivity contribution in [3.63, 3.8) is 0 Å². The molecule has 0 aliphatic carbocycles. The van der Waals surface area contributed by atoms with Gasteiger partial charge in [-0.15, -0.1) is 0 Å². The molecule has 0 radical (unpaired) electrons. The molecule has 1 aromatic rings. The van der Waals surface area contributed by atoms with E-state index in [0.29, 0.717) is 6.42 Å². The molecule has 1 amide bonds. The molecule has 0 aromatic heterocycles. The minimum Gasteiger partial charge on any atom is -0.481 e. The van der Waals surface area contributed by atoms with Crippen LogP contribution in [0.5, 0.6) is 0 Å². The van der Waals surface area contributed by atoms with Crippen LogP contribution in [-0.4, -0.2) is 41.0 Å². The van der Waals surface area contributed by atoms with Gasteiger partial charge in [-0.2, -0.15) is 0 Å². The van der Waals surface area contributed by atoms with Crippen molar-refractivity contribution >= 4 is 12.1 Å². The van der Waals surface area contributed by atoms with Crippen LogP contribution in [0.2, 0.25) is 0 Å². The predicted octanol–water partition coefficient (Wildman–Crippen LogP) is 2.91. The van der Waals surface area contributed by atoms with Gasteiger partial charge in [0.25, 0.3) is 0 Å². The fourth-order valence-electron chi connectivity index (χ4n) is 2.50. The van der Waals surface area contributed by atoms with Crippen LogP contribution in [-0.2, 0) is 16.0 Å². The molecule has 0 aliphatic rings. The van der Waals surface area contributed by atoms with Crippen LogP contribution in [0.25, 0.3) is 0 Å². The molecule has 0 spiro atoms. The summed E-state index contributed by atoms with van der Waals surface area (Å²) in [6.45, 7) is 3.46. The smallest absolute Gasteiger partial charge is 0.407 e. The molecular weight excluding hydrogens is 322 g/mol. The van der Waals surface area contributed by atoms with Crippen molar-refractivity contribution in [3.05, 3.63) is 48.6 Å². The molecule has 0 aliphatic heterocycles. The molecule has 2 unspecified atom stereocenters. The number of carbonyl (C=O) groups excluding carboxylic acids is 1. The van der Waals surface area contributed by atoms with Gasteiger partial charge < -0.3 is 20.3 Å². The minimum atomic E-state index is -1.09. The van der Waals surface area contributed by atoms with Crippen LogP contribution in [0, 0.1) is 0 Å². The van der Waals surface area contributed by atoms with Gasteiger partial charge in [0.1, 0.15) is 6.61 Å². The number of ether oxygens (including phenoxy) is 1. The number of rotatable bonds is 12. The third-order valence-corrected chi connectivity index (χ3v) is 3.80. The number of amides is 1. The highest BCUT2D eigenvalue weighted by Gasteiger charge is 2.24. The standard InChI is InChI=1S/C19H27NO5/c1-2-13-25-19(24)20-16(14-18(22)23)17(21)12-8-4-7-11-15-9-5-3-6-10-15/h2-3,5-6,9-10,16-17,21H,1,4,7-8,11-14H2,(H,20,24)(H,22,23). The molecule has 0 saturated carbocycles. The van der Waals surface area contributed by atoms with E-state index in [9.17, 15) is 14.7 Å². The van der Waals surface area contributed by atoms with E-state index in [1.54, 1.807) is 0 Å². The Morgan fingerprint density at radius 1 is 1.20 bits per heavy atom. The average Bonchev–Trinajstić information content (AvgIpc) is 2.59. The summed E-state index contributed by atoms with van der Waals surface area (Å²) in [7, 11) is 0. The number of carbonyl (C=O) groups is 2. The number of aliphatic hydroxyl groups is 1. The van der Waals surface area contributed by atoms with Gasteiger partial charge in [0.2, 0.25) is 0 Å². The van der Waals surface area contributed by atoms with Crippen molar-refractivity contribution in [2.45, 2.75) is 50.7 Å². The summed E-state index contributed by atoms with van der Waals surface area (Å²) >= 11 is 0.